The summed E-state index contributed by atoms with van der Waals surface area (Å²) in [4.78, 5) is 62.0. The Bertz CT molecular complexity index is 3710. The number of nitrogens with zero attached hydrogens (tertiary/aromatic N) is 7. The Morgan fingerprint density at radius 1 is 0.691 bits per heavy atom. The van der Waals surface area contributed by atoms with Crippen molar-refractivity contribution in [2.45, 2.75) is 96.9 Å². The lowest BCUT2D eigenvalue weighted by Crippen LogP contribution is -2.39. The third kappa shape index (κ3) is 16.4. The topological polar surface area (TPSA) is 171 Å². The number of nitrogens with one attached hydrogen (secondary N) is 1. The molecular weight excluding hydrogens is 1190 g/mol. The fraction of sp³-hybridized carbons (Fsp3) is 0.370. The molecule has 0 bridgehead atoms. The third-order valence-corrected chi connectivity index (χ3v) is 13.6. The first-order valence-corrected chi connectivity index (χ1v) is 27.0. The lowest BCUT2D eigenvalue weighted by atomic mass is 10.1. The van der Waals surface area contributed by atoms with Crippen molar-refractivity contribution in [1.29, 1.82) is 0 Å². The number of H-pyrrole nitrogens is 1. The summed E-state index contributed by atoms with van der Waals surface area (Å²) in [5, 5.41) is 2.02. The van der Waals surface area contributed by atoms with Crippen LogP contribution in [0.1, 0.15) is 79.4 Å². The third-order valence-electron chi connectivity index (χ3n) is 12.6. The Morgan fingerprint density at radius 2 is 1.20 bits per heavy atom. The van der Waals surface area contributed by atoms with Crippen LogP contribution in [-0.4, -0.2) is 75.3 Å². The zero-order valence-electron chi connectivity index (χ0n) is 43.6. The first-order chi connectivity index (χ1) is 38.4. The van der Waals surface area contributed by atoms with Gasteiger partial charge in [-0.05, 0) is 115 Å². The predicted octanol–water partition coefficient (Wildman–Crippen LogP) is 11.1. The van der Waals surface area contributed by atoms with Gasteiger partial charge in [0.25, 0.3) is 11.1 Å². The molecule has 1 N–H and O–H groups in total. The van der Waals surface area contributed by atoms with Gasteiger partial charge < -0.3 is 28.1 Å². The standard InChI is InChI=1S/C25H23ClF4N4O3.C21H15ClF4N4O3.C8H15BrO2/c1-3-4-11-33-23(35)21-22(32(2)24(33)36)31-20(34(21)14-15-5-7-17(26)8-6-15)13-16-12-18(9-10-19(16)27)37-25(28,29)30;1-29-18-17(19(31)28-20(29)32)30(10-11-2-4-13(22)5-3-11)16(27-18)9-12-8-14(6-7-15(12)23)33-21(24,25)26;9-5-3-7-11-8-4-1-2-6-10-8/h5-10,12H,3-4,11,13-14H2,1-2H3;2-8H,9-10H2,1H3,(H,28,31,32);8H,1-7H2. The molecule has 1 fully saturated rings. The highest BCUT2D eigenvalue weighted by molar-refractivity contribution is 9.09. The number of halogens is 11. The molecule has 0 radical (unpaired) electrons. The highest BCUT2D eigenvalue weighted by atomic mass is 79.9. The van der Waals surface area contributed by atoms with Crippen molar-refractivity contribution < 1.29 is 54.1 Å². The van der Waals surface area contributed by atoms with Gasteiger partial charge in [-0.1, -0.05) is 76.7 Å². The number of aromatic nitrogens is 8. The van der Waals surface area contributed by atoms with Gasteiger partial charge in [0.1, 0.15) is 34.8 Å². The maximum atomic E-state index is 14.7. The van der Waals surface area contributed by atoms with E-state index < -0.39 is 58.4 Å². The van der Waals surface area contributed by atoms with Crippen molar-refractivity contribution in [1.82, 2.24) is 37.8 Å². The Hall–Kier alpha value is -6.80. The van der Waals surface area contributed by atoms with Gasteiger partial charge in [0.2, 0.25) is 0 Å². The molecule has 1 unspecified atom stereocenters. The van der Waals surface area contributed by atoms with E-state index in [9.17, 15) is 54.3 Å². The smallest absolute Gasteiger partial charge is 0.406 e. The molecule has 0 aliphatic carbocycles. The van der Waals surface area contributed by atoms with Crippen LogP contribution >= 0.6 is 39.1 Å². The van der Waals surface area contributed by atoms with Crippen LogP contribution in [-0.2, 0) is 56.0 Å². The first-order valence-electron chi connectivity index (χ1n) is 25.2. The minimum absolute atomic E-state index is 0.0517. The number of benzene rings is 4. The van der Waals surface area contributed by atoms with Crippen LogP contribution < -0.4 is 32.0 Å². The number of ether oxygens (including phenoxy) is 4. The van der Waals surface area contributed by atoms with E-state index in [1.807, 2.05) is 6.92 Å². The van der Waals surface area contributed by atoms with Crippen LogP contribution in [0.15, 0.2) is 104 Å². The molecule has 4 aromatic carbocycles. The SMILES string of the molecule is BrCCCOC1CCCCO1.CCCCn1c(=O)c2c(nc(Cc3cc(OC(F)(F)F)ccc3F)n2Cc2ccc(Cl)cc2)n(C)c1=O.Cn1c(=O)[nH]c(=O)c2c1nc(Cc1cc(OC(F)(F)F)ccc1F)n2Cc1ccc(Cl)cc1. The summed E-state index contributed by atoms with van der Waals surface area (Å²) in [5.41, 5.74) is -0.930. The fourth-order valence-corrected chi connectivity index (χ4v) is 9.07. The van der Waals surface area contributed by atoms with Gasteiger partial charge in [0.05, 0.1) is 6.61 Å². The molecule has 4 aromatic heterocycles. The lowest BCUT2D eigenvalue weighted by Gasteiger charge is -2.22. The van der Waals surface area contributed by atoms with Gasteiger partial charge in [0.15, 0.2) is 28.6 Å². The lowest BCUT2D eigenvalue weighted by molar-refractivity contribution is -0.275. The monoisotopic (exact) mass is 1240 g/mol. The van der Waals surface area contributed by atoms with E-state index in [-0.39, 0.29) is 83.9 Å². The molecule has 81 heavy (non-hydrogen) atoms. The van der Waals surface area contributed by atoms with Crippen molar-refractivity contribution >= 4 is 61.5 Å². The highest BCUT2D eigenvalue weighted by Gasteiger charge is 2.33. The Balaban J connectivity index is 0.000000198. The number of hydrogen-bond donors (Lipinski definition) is 1. The molecule has 8 aromatic rings. The second kappa shape index (κ2) is 27.3. The zero-order chi connectivity index (χ0) is 58.8. The first kappa shape index (κ1) is 61.8. The normalized spacial score (nSPS) is 13.7. The van der Waals surface area contributed by atoms with Crippen LogP contribution in [0, 0.1) is 11.6 Å². The molecular formula is C54H53BrCl2F8N8O8. The molecule has 0 spiro atoms. The van der Waals surface area contributed by atoms with E-state index in [2.05, 4.69) is 40.4 Å². The van der Waals surface area contributed by atoms with Gasteiger partial charge >= 0.3 is 24.1 Å². The van der Waals surface area contributed by atoms with E-state index in [4.69, 9.17) is 32.7 Å². The maximum Gasteiger partial charge on any atom is 0.573 e. The van der Waals surface area contributed by atoms with E-state index in [1.165, 1.54) is 36.1 Å². The minimum Gasteiger partial charge on any atom is -0.406 e. The van der Waals surface area contributed by atoms with Gasteiger partial charge in [0, 0.05) is 68.6 Å². The maximum absolute atomic E-state index is 14.7. The van der Waals surface area contributed by atoms with Crippen molar-refractivity contribution in [2.24, 2.45) is 14.1 Å². The molecule has 434 valence electrons. The number of unbranched alkanes of at least 4 members (excludes halogenated alkanes) is 1. The van der Waals surface area contributed by atoms with E-state index in [0.717, 1.165) is 94.5 Å². The van der Waals surface area contributed by atoms with Gasteiger partial charge in [-0.3, -0.25) is 28.3 Å². The molecule has 1 saturated heterocycles. The molecule has 1 aliphatic rings. The summed E-state index contributed by atoms with van der Waals surface area (Å²) < 4.78 is 130. The van der Waals surface area contributed by atoms with Gasteiger partial charge in [-0.15, -0.1) is 26.3 Å². The van der Waals surface area contributed by atoms with Crippen molar-refractivity contribution in [3.05, 3.63) is 182 Å². The van der Waals surface area contributed by atoms with Crippen LogP contribution in [0.4, 0.5) is 35.1 Å². The molecule has 27 heteroatoms. The van der Waals surface area contributed by atoms with Crippen molar-refractivity contribution in [3.63, 3.8) is 0 Å². The van der Waals surface area contributed by atoms with Crippen LogP contribution in [0.2, 0.25) is 10.0 Å². The Kier molecular flexibility index (Phi) is 20.8. The van der Waals surface area contributed by atoms with Crippen LogP contribution in [0.3, 0.4) is 0 Å². The van der Waals surface area contributed by atoms with Crippen LogP contribution in [0.25, 0.3) is 22.3 Å². The van der Waals surface area contributed by atoms with Crippen LogP contribution in [0.5, 0.6) is 11.5 Å². The summed E-state index contributed by atoms with van der Waals surface area (Å²) in [7, 11) is 2.89. The zero-order valence-corrected chi connectivity index (χ0v) is 46.7. The second-order valence-corrected chi connectivity index (χ2v) is 20.1. The van der Waals surface area contributed by atoms with Crippen molar-refractivity contribution in [2.75, 3.05) is 18.5 Å². The van der Waals surface area contributed by atoms with Gasteiger partial charge in [-0.2, -0.15) is 0 Å². The summed E-state index contributed by atoms with van der Waals surface area (Å²) >= 11 is 15.3. The average Bonchev–Trinajstić information content (AvgIpc) is 4.22. The molecule has 5 heterocycles. The Morgan fingerprint density at radius 3 is 1.67 bits per heavy atom. The quantitative estimate of drug-likeness (QED) is 0.0525. The summed E-state index contributed by atoms with van der Waals surface area (Å²) in [6.45, 7) is 4.08. The summed E-state index contributed by atoms with van der Waals surface area (Å²) in [5.74, 6) is -2.38. The molecule has 9 rings (SSSR count). The fourth-order valence-electron chi connectivity index (χ4n) is 8.59. The Labute approximate surface area is 474 Å². The number of imidazole rings is 2. The number of aryl methyl sites for hydroxylation is 2. The molecule has 0 saturated carbocycles. The number of aromatic amines is 1. The number of rotatable bonds is 17. The summed E-state index contributed by atoms with van der Waals surface area (Å²) in [6.07, 6.45) is -4.37. The predicted molar refractivity (Wildman–Crippen MR) is 291 cm³/mol. The van der Waals surface area contributed by atoms with Crippen molar-refractivity contribution in [3.8, 4) is 11.5 Å². The molecule has 0 amide bonds. The highest BCUT2D eigenvalue weighted by Crippen LogP contribution is 2.29. The van der Waals surface area contributed by atoms with E-state index in [1.54, 1.807) is 53.1 Å². The summed E-state index contributed by atoms with van der Waals surface area (Å²) in [6, 6.07) is 18.9. The van der Waals surface area contributed by atoms with E-state index in [0.29, 0.717) is 16.5 Å². The average molecular weight is 1240 g/mol. The van der Waals surface area contributed by atoms with E-state index >= 15 is 0 Å². The number of fused-ring (bicyclic) bond motifs is 2. The molecule has 1 atom stereocenters. The number of alkyl halides is 7. The number of hydrogen-bond acceptors (Lipinski definition) is 10. The molecule has 16 nitrogen and oxygen atoms in total. The molecule has 1 aliphatic heterocycles. The largest absolute Gasteiger partial charge is 0.573 e. The second-order valence-electron chi connectivity index (χ2n) is 18.5. The van der Waals surface area contributed by atoms with Gasteiger partial charge in [-0.25, -0.2) is 28.3 Å². The minimum atomic E-state index is -4.95.